The van der Waals surface area contributed by atoms with Crippen LogP contribution in [0.25, 0.3) is 10.7 Å². The molecule has 3 heterocycles. The lowest BCUT2D eigenvalue weighted by Gasteiger charge is -2.13. The number of rotatable bonds is 8. The predicted octanol–water partition coefficient (Wildman–Crippen LogP) is 2.35. The van der Waals surface area contributed by atoms with Crippen LogP contribution in [0.5, 0.6) is 0 Å². The maximum absolute atomic E-state index is 12.7. The van der Waals surface area contributed by atoms with Gasteiger partial charge in [-0.2, -0.15) is 5.10 Å². The van der Waals surface area contributed by atoms with Gasteiger partial charge in [0.1, 0.15) is 0 Å². The molecule has 0 saturated heterocycles. The van der Waals surface area contributed by atoms with Crippen LogP contribution in [0.3, 0.4) is 0 Å². The van der Waals surface area contributed by atoms with E-state index in [0.717, 1.165) is 22.0 Å². The lowest BCUT2D eigenvalue weighted by molar-refractivity contribution is -0.118. The number of nitrogens with two attached hydrogens (primary N) is 1. The molecule has 0 bridgehead atoms. The molecule has 0 aliphatic carbocycles. The van der Waals surface area contributed by atoms with E-state index in [9.17, 15) is 9.59 Å². The predicted molar refractivity (Wildman–Crippen MR) is 114 cm³/mol. The molecule has 1 atom stereocenters. The Bertz CT molecular complexity index is 1020. The summed E-state index contributed by atoms with van der Waals surface area (Å²) in [6.07, 6.45) is 0.165. The zero-order chi connectivity index (χ0) is 21.1. The van der Waals surface area contributed by atoms with Crippen LogP contribution in [0.1, 0.15) is 24.7 Å². The van der Waals surface area contributed by atoms with E-state index in [0.29, 0.717) is 17.5 Å². The fourth-order valence-corrected chi connectivity index (χ4v) is 4.37. The standard InChI is InChI=1S/C18H23N7O2S2/c1-10-15(11(2)24(4)23-10)20-17(27)12(3)29-18-22-21-16(13-6-5-9-28-13)25(18)8-7-14(19)26/h5-6,9,12H,7-8H2,1-4H3,(H2,19,26)(H,20,27). The van der Waals surface area contributed by atoms with Crippen LogP contribution in [-0.4, -0.2) is 41.6 Å². The second kappa shape index (κ2) is 8.78. The highest BCUT2D eigenvalue weighted by atomic mass is 32.2. The third kappa shape index (κ3) is 4.67. The van der Waals surface area contributed by atoms with Gasteiger partial charge in [0.25, 0.3) is 0 Å². The van der Waals surface area contributed by atoms with E-state index in [1.807, 2.05) is 43.0 Å². The molecule has 2 amide bonds. The summed E-state index contributed by atoms with van der Waals surface area (Å²) in [5.41, 5.74) is 7.70. The van der Waals surface area contributed by atoms with Gasteiger partial charge in [-0.15, -0.1) is 21.5 Å². The van der Waals surface area contributed by atoms with Crippen LogP contribution in [0.2, 0.25) is 0 Å². The summed E-state index contributed by atoms with van der Waals surface area (Å²) in [7, 11) is 1.84. The highest BCUT2D eigenvalue weighted by Gasteiger charge is 2.23. The Hall–Kier alpha value is -2.66. The van der Waals surface area contributed by atoms with Crippen LogP contribution >= 0.6 is 23.1 Å². The summed E-state index contributed by atoms with van der Waals surface area (Å²) in [5, 5.41) is 17.9. The Balaban J connectivity index is 1.79. The lowest BCUT2D eigenvalue weighted by atomic mass is 10.3. The van der Waals surface area contributed by atoms with Gasteiger partial charge in [-0.25, -0.2) is 0 Å². The molecule has 0 aliphatic heterocycles. The summed E-state index contributed by atoms with van der Waals surface area (Å²) in [4.78, 5) is 25.0. The van der Waals surface area contributed by atoms with Crippen LogP contribution in [0.4, 0.5) is 5.69 Å². The molecule has 0 saturated carbocycles. The molecule has 0 aromatic carbocycles. The van der Waals surface area contributed by atoms with Crippen LogP contribution < -0.4 is 11.1 Å². The zero-order valence-electron chi connectivity index (χ0n) is 16.7. The van der Waals surface area contributed by atoms with Crippen molar-refractivity contribution < 1.29 is 9.59 Å². The summed E-state index contributed by atoms with van der Waals surface area (Å²) in [6, 6.07) is 3.86. The van der Waals surface area contributed by atoms with Crippen molar-refractivity contribution in [1.29, 1.82) is 0 Å². The SMILES string of the molecule is Cc1nn(C)c(C)c1NC(=O)C(C)Sc1nnc(-c2cccs2)n1CCC(N)=O. The van der Waals surface area contributed by atoms with Crippen molar-refractivity contribution in [3.8, 4) is 10.7 Å². The Morgan fingerprint density at radius 2 is 2.10 bits per heavy atom. The van der Waals surface area contributed by atoms with Gasteiger partial charge < -0.3 is 15.6 Å². The largest absolute Gasteiger partial charge is 0.370 e. The molecule has 3 aromatic rings. The first kappa shape index (κ1) is 21.1. The summed E-state index contributed by atoms with van der Waals surface area (Å²) in [5.74, 6) is 0.103. The van der Waals surface area contributed by atoms with Gasteiger partial charge >= 0.3 is 0 Å². The number of hydrogen-bond acceptors (Lipinski definition) is 7. The van der Waals surface area contributed by atoms with Gasteiger partial charge in [0.2, 0.25) is 11.8 Å². The number of nitrogens with zero attached hydrogens (tertiary/aromatic N) is 5. The van der Waals surface area contributed by atoms with Crippen molar-refractivity contribution >= 4 is 40.6 Å². The normalized spacial score (nSPS) is 12.1. The van der Waals surface area contributed by atoms with Crippen molar-refractivity contribution in [2.24, 2.45) is 12.8 Å². The molecule has 0 fully saturated rings. The molecule has 3 aromatic heterocycles. The highest BCUT2D eigenvalue weighted by Crippen LogP contribution is 2.30. The van der Waals surface area contributed by atoms with E-state index >= 15 is 0 Å². The second-order valence-corrected chi connectivity index (χ2v) is 8.83. The number of amides is 2. The number of carbonyl (C=O) groups excluding carboxylic acids is 2. The average Bonchev–Trinajstić information content (AvgIpc) is 3.37. The molecular formula is C18H23N7O2S2. The summed E-state index contributed by atoms with van der Waals surface area (Å²) < 4.78 is 3.57. The van der Waals surface area contributed by atoms with Crippen LogP contribution in [-0.2, 0) is 23.2 Å². The van der Waals surface area contributed by atoms with Crippen LogP contribution in [0, 0.1) is 13.8 Å². The minimum atomic E-state index is -0.429. The first-order valence-corrected chi connectivity index (χ1v) is 10.8. The molecular weight excluding hydrogens is 410 g/mol. The number of hydrogen-bond donors (Lipinski definition) is 2. The minimum absolute atomic E-state index is 0.156. The second-order valence-electron chi connectivity index (χ2n) is 6.57. The Morgan fingerprint density at radius 3 is 2.69 bits per heavy atom. The van der Waals surface area contributed by atoms with Gasteiger partial charge in [-0.1, -0.05) is 17.8 Å². The average molecular weight is 434 g/mol. The molecule has 29 heavy (non-hydrogen) atoms. The monoisotopic (exact) mass is 433 g/mol. The number of thioether (sulfide) groups is 1. The molecule has 3 rings (SSSR count). The van der Waals surface area contributed by atoms with E-state index in [4.69, 9.17) is 5.73 Å². The fourth-order valence-electron chi connectivity index (χ4n) is 2.78. The third-order valence-corrected chi connectivity index (χ3v) is 6.40. The Kier molecular flexibility index (Phi) is 6.38. The van der Waals surface area contributed by atoms with Crippen LogP contribution in [0.15, 0.2) is 22.7 Å². The molecule has 0 spiro atoms. The van der Waals surface area contributed by atoms with E-state index in [-0.39, 0.29) is 12.3 Å². The third-order valence-electron chi connectivity index (χ3n) is 4.45. The molecule has 3 N–H and O–H groups in total. The smallest absolute Gasteiger partial charge is 0.237 e. The van der Waals surface area contributed by atoms with Gasteiger partial charge in [0.15, 0.2) is 11.0 Å². The molecule has 9 nitrogen and oxygen atoms in total. The minimum Gasteiger partial charge on any atom is -0.370 e. The van der Waals surface area contributed by atoms with Gasteiger partial charge in [-0.05, 0) is 32.2 Å². The first-order valence-electron chi connectivity index (χ1n) is 9.01. The molecule has 1 unspecified atom stereocenters. The number of primary amides is 1. The number of anilines is 1. The van der Waals surface area contributed by atoms with Gasteiger partial charge in [0, 0.05) is 20.0 Å². The van der Waals surface area contributed by atoms with Crippen molar-refractivity contribution in [2.75, 3.05) is 5.32 Å². The van der Waals surface area contributed by atoms with E-state index in [1.54, 1.807) is 11.6 Å². The quantitative estimate of drug-likeness (QED) is 0.526. The number of thiophene rings is 1. The number of aryl methyl sites for hydroxylation is 2. The lowest BCUT2D eigenvalue weighted by Crippen LogP contribution is -2.24. The molecule has 11 heteroatoms. The van der Waals surface area contributed by atoms with Crippen molar-refractivity contribution in [3.05, 3.63) is 28.9 Å². The zero-order valence-corrected chi connectivity index (χ0v) is 18.3. The number of nitrogens with one attached hydrogen (secondary N) is 1. The Morgan fingerprint density at radius 1 is 1.34 bits per heavy atom. The summed E-state index contributed by atoms with van der Waals surface area (Å²) >= 11 is 2.82. The Labute approximate surface area is 176 Å². The summed E-state index contributed by atoms with van der Waals surface area (Å²) in [6.45, 7) is 5.92. The fraction of sp³-hybridized carbons (Fsp3) is 0.389. The number of aromatic nitrogens is 5. The van der Waals surface area contributed by atoms with Gasteiger partial charge in [0.05, 0.1) is 27.2 Å². The van der Waals surface area contributed by atoms with Crippen molar-refractivity contribution in [2.45, 2.75) is 44.1 Å². The van der Waals surface area contributed by atoms with E-state index in [2.05, 4.69) is 20.6 Å². The van der Waals surface area contributed by atoms with Crippen molar-refractivity contribution in [1.82, 2.24) is 24.5 Å². The maximum atomic E-state index is 12.7. The topological polar surface area (TPSA) is 121 Å². The molecule has 0 aliphatic rings. The molecule has 0 radical (unpaired) electrons. The maximum Gasteiger partial charge on any atom is 0.237 e. The van der Waals surface area contributed by atoms with Gasteiger partial charge in [-0.3, -0.25) is 14.3 Å². The number of carbonyl (C=O) groups is 2. The first-order chi connectivity index (χ1) is 13.8. The molecule has 154 valence electrons. The van der Waals surface area contributed by atoms with Crippen molar-refractivity contribution in [3.63, 3.8) is 0 Å². The highest BCUT2D eigenvalue weighted by molar-refractivity contribution is 8.00. The van der Waals surface area contributed by atoms with E-state index < -0.39 is 11.2 Å². The van der Waals surface area contributed by atoms with E-state index in [1.165, 1.54) is 23.1 Å².